The average Bonchev–Trinajstić information content (AvgIpc) is 2.67. The summed E-state index contributed by atoms with van der Waals surface area (Å²) >= 11 is 0. The largest absolute Gasteiger partial charge is 0.492 e. The highest BCUT2D eigenvalue weighted by atomic mass is 16.5. The van der Waals surface area contributed by atoms with Crippen LogP contribution in [-0.2, 0) is 0 Å². The number of rotatable bonds is 6. The van der Waals surface area contributed by atoms with Gasteiger partial charge in [-0.1, -0.05) is 24.3 Å². The summed E-state index contributed by atoms with van der Waals surface area (Å²) in [6, 6.07) is 15.0. The molecular weight excluding hydrogens is 340 g/mol. The molecule has 6 heteroatoms. The predicted octanol–water partition coefficient (Wildman–Crippen LogP) is 4.49. The number of amides is 1. The van der Waals surface area contributed by atoms with Gasteiger partial charge in [-0.2, -0.15) is 0 Å². The first kappa shape index (κ1) is 18.4. The van der Waals surface area contributed by atoms with Gasteiger partial charge in [-0.05, 0) is 56.2 Å². The van der Waals surface area contributed by atoms with Gasteiger partial charge in [-0.3, -0.25) is 4.79 Å². The number of nitrogens with zero attached hydrogens (tertiary/aromatic N) is 2. The van der Waals surface area contributed by atoms with Crippen LogP contribution in [0, 0.1) is 13.8 Å². The number of hydrogen-bond donors (Lipinski definition) is 2. The molecule has 0 atom stereocenters. The monoisotopic (exact) mass is 362 g/mol. The van der Waals surface area contributed by atoms with Crippen molar-refractivity contribution in [2.75, 3.05) is 17.2 Å². The van der Waals surface area contributed by atoms with Gasteiger partial charge in [0.25, 0.3) is 5.91 Å². The highest BCUT2D eigenvalue weighted by Gasteiger charge is 2.12. The van der Waals surface area contributed by atoms with Crippen molar-refractivity contribution >= 4 is 23.2 Å². The lowest BCUT2D eigenvalue weighted by molar-refractivity contribution is 0.102. The lowest BCUT2D eigenvalue weighted by atomic mass is 10.1. The number of aromatic nitrogens is 2. The second kappa shape index (κ2) is 8.31. The van der Waals surface area contributed by atoms with E-state index in [9.17, 15) is 4.79 Å². The molecule has 138 valence electrons. The fraction of sp³-hybridized carbons (Fsp3) is 0.190. The zero-order valence-electron chi connectivity index (χ0n) is 15.6. The smallest absolute Gasteiger partial charge is 0.274 e. The Morgan fingerprint density at radius 2 is 1.89 bits per heavy atom. The zero-order valence-corrected chi connectivity index (χ0v) is 15.6. The molecule has 0 unspecified atom stereocenters. The molecule has 2 aromatic carbocycles. The first-order chi connectivity index (χ1) is 13.1. The SMILES string of the molecule is CCOc1ccccc1NC(=O)c1ccnc(Nc2cc(C)ccc2C)n1. The molecule has 1 heterocycles. The summed E-state index contributed by atoms with van der Waals surface area (Å²) in [7, 11) is 0. The van der Waals surface area contributed by atoms with Gasteiger partial charge in [0.15, 0.2) is 0 Å². The number of nitrogens with one attached hydrogen (secondary N) is 2. The van der Waals surface area contributed by atoms with E-state index < -0.39 is 0 Å². The minimum absolute atomic E-state index is 0.268. The third kappa shape index (κ3) is 4.61. The predicted molar refractivity (Wildman–Crippen MR) is 107 cm³/mol. The van der Waals surface area contributed by atoms with Crippen molar-refractivity contribution in [3.05, 3.63) is 71.5 Å². The minimum atomic E-state index is -0.325. The van der Waals surface area contributed by atoms with E-state index in [4.69, 9.17) is 4.74 Å². The number of anilines is 3. The van der Waals surface area contributed by atoms with E-state index in [1.807, 2.05) is 57.2 Å². The molecule has 0 fully saturated rings. The summed E-state index contributed by atoms with van der Waals surface area (Å²) in [6.07, 6.45) is 1.56. The van der Waals surface area contributed by atoms with Gasteiger partial charge in [0.2, 0.25) is 5.95 Å². The number of aryl methyl sites for hydroxylation is 2. The molecule has 27 heavy (non-hydrogen) atoms. The summed E-state index contributed by atoms with van der Waals surface area (Å²) in [5.41, 5.74) is 3.99. The molecule has 0 radical (unpaired) electrons. The number of carbonyl (C=O) groups is 1. The van der Waals surface area contributed by atoms with E-state index in [0.29, 0.717) is 24.0 Å². The Balaban J connectivity index is 1.79. The fourth-order valence-corrected chi connectivity index (χ4v) is 2.57. The molecule has 3 rings (SSSR count). The third-order valence-electron chi connectivity index (χ3n) is 3.96. The van der Waals surface area contributed by atoms with E-state index >= 15 is 0 Å². The molecule has 6 nitrogen and oxygen atoms in total. The Bertz CT molecular complexity index is 956. The Kier molecular flexibility index (Phi) is 5.66. The molecule has 0 bridgehead atoms. The van der Waals surface area contributed by atoms with Crippen molar-refractivity contribution in [3.63, 3.8) is 0 Å². The van der Waals surface area contributed by atoms with Gasteiger partial charge in [0.1, 0.15) is 11.4 Å². The van der Waals surface area contributed by atoms with E-state index in [0.717, 1.165) is 16.8 Å². The van der Waals surface area contributed by atoms with Gasteiger partial charge in [0.05, 0.1) is 12.3 Å². The second-order valence-electron chi connectivity index (χ2n) is 6.09. The normalized spacial score (nSPS) is 10.3. The van der Waals surface area contributed by atoms with Crippen molar-refractivity contribution in [1.82, 2.24) is 9.97 Å². The molecule has 0 saturated heterocycles. The standard InChI is InChI=1S/C21H22N4O2/c1-4-27-19-8-6-5-7-16(19)23-20(26)17-11-12-22-21(24-17)25-18-13-14(2)9-10-15(18)3/h5-13H,4H2,1-3H3,(H,23,26)(H,22,24,25). The van der Waals surface area contributed by atoms with Crippen molar-refractivity contribution < 1.29 is 9.53 Å². The molecular formula is C21H22N4O2. The molecule has 0 spiro atoms. The summed E-state index contributed by atoms with van der Waals surface area (Å²) in [6.45, 7) is 6.44. The quantitative estimate of drug-likeness (QED) is 0.676. The van der Waals surface area contributed by atoms with Gasteiger partial charge in [-0.25, -0.2) is 9.97 Å². The number of hydrogen-bond acceptors (Lipinski definition) is 5. The van der Waals surface area contributed by atoms with Crippen LogP contribution < -0.4 is 15.4 Å². The third-order valence-corrected chi connectivity index (χ3v) is 3.96. The summed E-state index contributed by atoms with van der Waals surface area (Å²) in [5, 5.41) is 6.02. The summed E-state index contributed by atoms with van der Waals surface area (Å²) < 4.78 is 5.54. The maximum Gasteiger partial charge on any atom is 0.274 e. The topological polar surface area (TPSA) is 76.1 Å². The maximum absolute atomic E-state index is 12.6. The van der Waals surface area contributed by atoms with Gasteiger partial charge < -0.3 is 15.4 Å². The maximum atomic E-state index is 12.6. The van der Waals surface area contributed by atoms with E-state index in [1.54, 1.807) is 18.3 Å². The van der Waals surface area contributed by atoms with Crippen LogP contribution in [0.1, 0.15) is 28.5 Å². The lowest BCUT2D eigenvalue weighted by Gasteiger charge is -2.12. The Morgan fingerprint density at radius 3 is 2.70 bits per heavy atom. The van der Waals surface area contributed by atoms with Crippen LogP contribution >= 0.6 is 0 Å². The van der Waals surface area contributed by atoms with Gasteiger partial charge in [0, 0.05) is 11.9 Å². The van der Waals surface area contributed by atoms with Crippen molar-refractivity contribution in [3.8, 4) is 5.75 Å². The molecule has 3 aromatic rings. The van der Waals surface area contributed by atoms with Crippen LogP contribution in [0.25, 0.3) is 0 Å². The molecule has 0 saturated carbocycles. The van der Waals surface area contributed by atoms with Crippen LogP contribution in [-0.4, -0.2) is 22.5 Å². The van der Waals surface area contributed by atoms with Crippen molar-refractivity contribution in [2.24, 2.45) is 0 Å². The highest BCUT2D eigenvalue weighted by Crippen LogP contribution is 2.24. The Labute approximate surface area is 158 Å². The molecule has 0 aliphatic carbocycles. The second-order valence-corrected chi connectivity index (χ2v) is 6.09. The molecule has 1 aromatic heterocycles. The van der Waals surface area contributed by atoms with Crippen LogP contribution in [0.2, 0.25) is 0 Å². The number of para-hydroxylation sites is 2. The van der Waals surface area contributed by atoms with Crippen LogP contribution in [0.15, 0.2) is 54.7 Å². The Hall–Kier alpha value is -3.41. The Morgan fingerprint density at radius 1 is 1.07 bits per heavy atom. The number of carbonyl (C=O) groups excluding carboxylic acids is 1. The molecule has 0 aliphatic heterocycles. The first-order valence-electron chi connectivity index (χ1n) is 8.77. The minimum Gasteiger partial charge on any atom is -0.492 e. The van der Waals surface area contributed by atoms with Crippen LogP contribution in [0.5, 0.6) is 5.75 Å². The molecule has 0 aliphatic rings. The first-order valence-corrected chi connectivity index (χ1v) is 8.77. The zero-order chi connectivity index (χ0) is 19.2. The van der Waals surface area contributed by atoms with Gasteiger partial charge >= 0.3 is 0 Å². The van der Waals surface area contributed by atoms with Crippen molar-refractivity contribution in [1.29, 1.82) is 0 Å². The lowest BCUT2D eigenvalue weighted by Crippen LogP contribution is -2.15. The summed E-state index contributed by atoms with van der Waals surface area (Å²) in [5.74, 6) is 0.666. The highest BCUT2D eigenvalue weighted by molar-refractivity contribution is 6.03. The molecule has 2 N–H and O–H groups in total. The number of benzene rings is 2. The van der Waals surface area contributed by atoms with Crippen LogP contribution in [0.3, 0.4) is 0 Å². The fourth-order valence-electron chi connectivity index (χ4n) is 2.57. The summed E-state index contributed by atoms with van der Waals surface area (Å²) in [4.78, 5) is 21.2. The van der Waals surface area contributed by atoms with Crippen molar-refractivity contribution in [2.45, 2.75) is 20.8 Å². The molecule has 1 amide bonds. The van der Waals surface area contributed by atoms with E-state index in [-0.39, 0.29) is 11.6 Å². The van der Waals surface area contributed by atoms with E-state index in [1.165, 1.54) is 0 Å². The van der Waals surface area contributed by atoms with E-state index in [2.05, 4.69) is 20.6 Å². The van der Waals surface area contributed by atoms with Gasteiger partial charge in [-0.15, -0.1) is 0 Å². The number of ether oxygens (including phenoxy) is 1. The average molecular weight is 362 g/mol. The van der Waals surface area contributed by atoms with Crippen LogP contribution in [0.4, 0.5) is 17.3 Å².